The molecule has 0 aromatic rings. The van der Waals surface area contributed by atoms with Gasteiger partial charge in [0.25, 0.3) is 0 Å². The Balaban J connectivity index is 5.13. The summed E-state index contributed by atoms with van der Waals surface area (Å²) in [6.07, 6.45) is 3.97. The third-order valence-electron chi connectivity index (χ3n) is 2.74. The minimum Gasteiger partial charge on any atom is -0.348 e. The summed E-state index contributed by atoms with van der Waals surface area (Å²) in [6.45, 7) is 10.4. The smallest absolute Gasteiger partial charge is 0.189 e. The number of halogens is 2. The van der Waals surface area contributed by atoms with Crippen LogP contribution in [0.5, 0.6) is 0 Å². The Hall–Kier alpha value is -1.78. The van der Waals surface area contributed by atoms with Crippen molar-refractivity contribution in [1.29, 1.82) is 5.53 Å². The number of hydrogen-bond acceptors (Lipinski definition) is 3. The molecule has 0 unspecified atom stereocenters. The quantitative estimate of drug-likeness (QED) is 0.386. The number of rotatable bonds is 8. The number of nitrogens with zero attached hydrogens (tertiary/aromatic N) is 2. The van der Waals surface area contributed by atoms with Crippen molar-refractivity contribution in [2.24, 2.45) is 11.0 Å². The summed E-state index contributed by atoms with van der Waals surface area (Å²) in [6, 6.07) is -0.240. The van der Waals surface area contributed by atoms with Gasteiger partial charge in [0.05, 0.1) is 5.70 Å². The Labute approximate surface area is 113 Å². The standard InChI is InChI=1S/C14H21F2N3/c1-6-7-14(16)19(5)13(10(2)3)9-12(18-17)8-11(4)15/h6-8,10,13,17H,1,4,9H2,2-3,5H3/b12-8+,14-7-,18-17?/t13-/m0/s1. The largest absolute Gasteiger partial charge is 0.348 e. The Morgan fingerprint density at radius 1 is 1.42 bits per heavy atom. The van der Waals surface area contributed by atoms with Gasteiger partial charge >= 0.3 is 0 Å². The molecule has 1 N–H and O–H groups in total. The molecule has 0 spiro atoms. The van der Waals surface area contributed by atoms with Gasteiger partial charge in [-0.2, -0.15) is 9.50 Å². The van der Waals surface area contributed by atoms with Gasteiger partial charge in [-0.15, -0.1) is 0 Å². The van der Waals surface area contributed by atoms with E-state index in [1.807, 2.05) is 13.8 Å². The molecule has 19 heavy (non-hydrogen) atoms. The zero-order valence-electron chi connectivity index (χ0n) is 11.7. The van der Waals surface area contributed by atoms with Crippen molar-refractivity contribution in [3.05, 3.63) is 48.9 Å². The number of hydrogen-bond donors (Lipinski definition) is 1. The van der Waals surface area contributed by atoms with E-state index in [9.17, 15) is 8.78 Å². The molecule has 0 radical (unpaired) electrons. The van der Waals surface area contributed by atoms with Crippen molar-refractivity contribution in [2.45, 2.75) is 26.3 Å². The van der Waals surface area contributed by atoms with Crippen molar-refractivity contribution in [3.63, 3.8) is 0 Å². The molecule has 3 nitrogen and oxygen atoms in total. The van der Waals surface area contributed by atoms with Crippen LogP contribution in [0, 0.1) is 11.4 Å². The average molecular weight is 269 g/mol. The van der Waals surface area contributed by atoms with Crippen LogP contribution in [-0.4, -0.2) is 18.0 Å². The highest BCUT2D eigenvalue weighted by Gasteiger charge is 2.22. The predicted molar refractivity (Wildman–Crippen MR) is 73.9 cm³/mol. The van der Waals surface area contributed by atoms with Crippen molar-refractivity contribution in [2.75, 3.05) is 7.05 Å². The van der Waals surface area contributed by atoms with E-state index in [-0.39, 0.29) is 24.1 Å². The molecule has 0 aliphatic rings. The fourth-order valence-corrected chi connectivity index (χ4v) is 1.72. The summed E-state index contributed by atoms with van der Waals surface area (Å²) in [5, 5.41) is 3.26. The third kappa shape index (κ3) is 6.08. The van der Waals surface area contributed by atoms with Crippen LogP contribution in [0.15, 0.2) is 54.0 Å². The fourth-order valence-electron chi connectivity index (χ4n) is 1.72. The Bertz CT molecular complexity index is 397. The van der Waals surface area contributed by atoms with Gasteiger partial charge in [0, 0.05) is 19.5 Å². The predicted octanol–water partition coefficient (Wildman–Crippen LogP) is 4.73. The fraction of sp³-hybridized carbons (Fsp3) is 0.429. The van der Waals surface area contributed by atoms with E-state index in [2.05, 4.69) is 18.3 Å². The molecule has 0 fully saturated rings. The molecule has 0 bridgehead atoms. The number of nitrogens with one attached hydrogen (secondary N) is 1. The van der Waals surface area contributed by atoms with Gasteiger partial charge in [0.15, 0.2) is 5.95 Å². The molecule has 0 saturated heterocycles. The number of allylic oxidation sites excluding steroid dienone is 4. The summed E-state index contributed by atoms with van der Waals surface area (Å²) in [7, 11) is 1.60. The molecule has 0 saturated carbocycles. The molecule has 0 amide bonds. The maximum atomic E-state index is 13.8. The van der Waals surface area contributed by atoms with Crippen molar-refractivity contribution < 1.29 is 8.78 Å². The summed E-state index contributed by atoms with van der Waals surface area (Å²) in [5.41, 5.74) is 7.25. The van der Waals surface area contributed by atoms with Crippen LogP contribution >= 0.6 is 0 Å². The lowest BCUT2D eigenvalue weighted by atomic mass is 9.98. The highest BCUT2D eigenvalue weighted by Crippen LogP contribution is 2.23. The van der Waals surface area contributed by atoms with Crippen LogP contribution in [0.3, 0.4) is 0 Å². The van der Waals surface area contributed by atoms with E-state index >= 15 is 0 Å². The van der Waals surface area contributed by atoms with Crippen LogP contribution in [0.1, 0.15) is 20.3 Å². The van der Waals surface area contributed by atoms with Gasteiger partial charge in [-0.25, -0.2) is 9.92 Å². The van der Waals surface area contributed by atoms with E-state index in [1.165, 1.54) is 17.1 Å². The lowest BCUT2D eigenvalue weighted by Crippen LogP contribution is -2.34. The SMILES string of the molecule is C=C/C=C(/F)N(C)[C@@H](C/C(=C\C(=C)F)N=N)C(C)C. The first-order valence-electron chi connectivity index (χ1n) is 5.97. The summed E-state index contributed by atoms with van der Waals surface area (Å²) >= 11 is 0. The van der Waals surface area contributed by atoms with Crippen LogP contribution in [0.4, 0.5) is 8.78 Å². The normalized spacial score (nSPS) is 14.2. The molecular formula is C14H21F2N3. The summed E-state index contributed by atoms with van der Waals surface area (Å²) in [4.78, 5) is 1.44. The molecule has 0 aliphatic carbocycles. The van der Waals surface area contributed by atoms with Crippen LogP contribution in [-0.2, 0) is 0 Å². The topological polar surface area (TPSA) is 39.5 Å². The molecule has 0 aromatic heterocycles. The Morgan fingerprint density at radius 3 is 2.37 bits per heavy atom. The first kappa shape index (κ1) is 17.2. The van der Waals surface area contributed by atoms with Crippen molar-refractivity contribution in [1.82, 2.24) is 4.90 Å². The van der Waals surface area contributed by atoms with E-state index in [4.69, 9.17) is 5.53 Å². The Morgan fingerprint density at radius 2 is 2.00 bits per heavy atom. The molecule has 0 rings (SSSR count). The Kier molecular flexibility index (Phi) is 7.56. The molecule has 0 heterocycles. The van der Waals surface area contributed by atoms with Crippen molar-refractivity contribution >= 4 is 0 Å². The second kappa shape index (κ2) is 8.34. The van der Waals surface area contributed by atoms with Crippen molar-refractivity contribution in [3.8, 4) is 0 Å². The molecular weight excluding hydrogens is 248 g/mol. The zero-order chi connectivity index (χ0) is 15.0. The van der Waals surface area contributed by atoms with Crippen LogP contribution < -0.4 is 0 Å². The highest BCUT2D eigenvalue weighted by molar-refractivity contribution is 5.15. The minimum atomic E-state index is -0.668. The van der Waals surface area contributed by atoms with Gasteiger partial charge in [0.1, 0.15) is 5.83 Å². The average Bonchev–Trinajstić information content (AvgIpc) is 2.32. The first-order valence-corrected chi connectivity index (χ1v) is 5.97. The molecule has 1 atom stereocenters. The van der Waals surface area contributed by atoms with E-state index < -0.39 is 11.8 Å². The highest BCUT2D eigenvalue weighted by atomic mass is 19.1. The van der Waals surface area contributed by atoms with Gasteiger partial charge in [0.2, 0.25) is 0 Å². The van der Waals surface area contributed by atoms with Crippen LogP contribution in [0.2, 0.25) is 0 Å². The van der Waals surface area contributed by atoms with Gasteiger partial charge < -0.3 is 4.90 Å². The molecule has 0 aromatic carbocycles. The first-order chi connectivity index (χ1) is 8.83. The van der Waals surface area contributed by atoms with Gasteiger partial charge in [-0.05, 0) is 18.1 Å². The second-order valence-corrected chi connectivity index (χ2v) is 4.55. The molecule has 106 valence electrons. The lowest BCUT2D eigenvalue weighted by molar-refractivity contribution is 0.193. The van der Waals surface area contributed by atoms with Gasteiger partial charge in [-0.1, -0.05) is 33.1 Å². The van der Waals surface area contributed by atoms with E-state index in [0.29, 0.717) is 0 Å². The third-order valence-corrected chi connectivity index (χ3v) is 2.74. The second-order valence-electron chi connectivity index (χ2n) is 4.55. The van der Waals surface area contributed by atoms with Crippen LogP contribution in [0.25, 0.3) is 0 Å². The van der Waals surface area contributed by atoms with E-state index in [1.54, 1.807) is 7.05 Å². The molecule has 5 heteroatoms. The minimum absolute atomic E-state index is 0.104. The summed E-state index contributed by atoms with van der Waals surface area (Å²) in [5.74, 6) is -0.998. The van der Waals surface area contributed by atoms with E-state index in [0.717, 1.165) is 6.08 Å². The maximum absolute atomic E-state index is 13.8. The van der Waals surface area contributed by atoms with Gasteiger partial charge in [-0.3, -0.25) is 0 Å². The maximum Gasteiger partial charge on any atom is 0.189 e. The lowest BCUT2D eigenvalue weighted by Gasteiger charge is -2.31. The monoisotopic (exact) mass is 269 g/mol. The summed E-state index contributed by atoms with van der Waals surface area (Å²) < 4.78 is 26.5. The molecule has 0 aliphatic heterocycles. The zero-order valence-corrected chi connectivity index (χ0v) is 11.7.